The first-order valence-electron chi connectivity index (χ1n) is 7.00. The number of hydrogen-bond acceptors (Lipinski definition) is 3. The fourth-order valence-electron chi connectivity index (χ4n) is 2.78. The van der Waals surface area contributed by atoms with Crippen molar-refractivity contribution in [2.24, 2.45) is 5.92 Å². The predicted octanol–water partition coefficient (Wildman–Crippen LogP) is 2.72. The monoisotopic (exact) mass is 240 g/mol. The van der Waals surface area contributed by atoms with E-state index in [9.17, 15) is 4.79 Å². The zero-order valence-electron chi connectivity index (χ0n) is 11.0. The largest absolute Gasteiger partial charge is 0.371 e. The molecule has 0 saturated heterocycles. The van der Waals surface area contributed by atoms with Crippen molar-refractivity contribution in [1.82, 2.24) is 0 Å². The summed E-state index contributed by atoms with van der Waals surface area (Å²) < 4.78 is 11.6. The van der Waals surface area contributed by atoms with Crippen molar-refractivity contribution >= 4 is 5.78 Å². The molecule has 0 amide bonds. The molecule has 0 aromatic carbocycles. The van der Waals surface area contributed by atoms with Gasteiger partial charge in [0.2, 0.25) is 0 Å². The molecule has 0 N–H and O–H groups in total. The van der Waals surface area contributed by atoms with E-state index in [2.05, 4.69) is 13.8 Å². The van der Waals surface area contributed by atoms with Gasteiger partial charge in [-0.1, -0.05) is 26.7 Å². The quantitative estimate of drug-likeness (QED) is 0.741. The summed E-state index contributed by atoms with van der Waals surface area (Å²) in [5.74, 6) is 0.979. The van der Waals surface area contributed by atoms with E-state index in [-0.39, 0.29) is 18.0 Å². The van der Waals surface area contributed by atoms with Gasteiger partial charge in [0.25, 0.3) is 0 Å². The van der Waals surface area contributed by atoms with Crippen LogP contribution in [0.15, 0.2) is 0 Å². The summed E-state index contributed by atoms with van der Waals surface area (Å²) in [5.41, 5.74) is 0. The molecule has 3 nitrogen and oxygen atoms in total. The molecular weight excluding hydrogens is 216 g/mol. The third-order valence-corrected chi connectivity index (χ3v) is 3.81. The summed E-state index contributed by atoms with van der Waals surface area (Å²) in [6, 6.07) is 0. The Morgan fingerprint density at radius 1 is 1.35 bits per heavy atom. The molecule has 0 aliphatic heterocycles. The van der Waals surface area contributed by atoms with Crippen molar-refractivity contribution in [3.8, 4) is 0 Å². The zero-order valence-corrected chi connectivity index (χ0v) is 11.0. The molecule has 0 aromatic rings. The van der Waals surface area contributed by atoms with E-state index in [1.165, 1.54) is 12.8 Å². The van der Waals surface area contributed by atoms with Gasteiger partial charge in [-0.25, -0.2) is 0 Å². The van der Waals surface area contributed by atoms with Gasteiger partial charge in [-0.05, 0) is 25.2 Å². The standard InChI is InChI=1S/C14H24O3/c1-3-7-16-14-12(15)9-13(14)17-11-6-4-5-10(2)8-11/h10-11,13-14H,3-9H2,1-2H3. The van der Waals surface area contributed by atoms with Crippen LogP contribution in [0.1, 0.15) is 52.4 Å². The van der Waals surface area contributed by atoms with Crippen LogP contribution in [0.2, 0.25) is 0 Å². The first kappa shape index (κ1) is 13.0. The zero-order chi connectivity index (χ0) is 12.3. The van der Waals surface area contributed by atoms with Gasteiger partial charge in [0.05, 0.1) is 12.2 Å². The number of ether oxygens (including phenoxy) is 2. The number of ketones is 1. The van der Waals surface area contributed by atoms with Crippen LogP contribution in [-0.2, 0) is 14.3 Å². The van der Waals surface area contributed by atoms with Crippen molar-refractivity contribution in [3.05, 3.63) is 0 Å². The lowest BCUT2D eigenvalue weighted by Gasteiger charge is -2.38. The average molecular weight is 240 g/mol. The highest BCUT2D eigenvalue weighted by molar-refractivity contribution is 5.90. The maximum atomic E-state index is 11.4. The van der Waals surface area contributed by atoms with Crippen molar-refractivity contribution in [1.29, 1.82) is 0 Å². The Balaban J connectivity index is 1.76. The van der Waals surface area contributed by atoms with Crippen LogP contribution < -0.4 is 0 Å². The van der Waals surface area contributed by atoms with Crippen LogP contribution >= 0.6 is 0 Å². The molecule has 2 aliphatic rings. The van der Waals surface area contributed by atoms with E-state index in [0.29, 0.717) is 19.1 Å². The van der Waals surface area contributed by atoms with E-state index in [4.69, 9.17) is 9.47 Å². The van der Waals surface area contributed by atoms with Gasteiger partial charge in [-0.15, -0.1) is 0 Å². The van der Waals surface area contributed by atoms with Crippen LogP contribution in [-0.4, -0.2) is 30.7 Å². The molecule has 2 fully saturated rings. The average Bonchev–Trinajstić information content (AvgIpc) is 2.29. The normalized spacial score (nSPS) is 37.9. The molecule has 0 aromatic heterocycles. The minimum atomic E-state index is -0.271. The Morgan fingerprint density at radius 3 is 2.82 bits per heavy atom. The number of hydrogen-bond donors (Lipinski definition) is 0. The minimum Gasteiger partial charge on any atom is -0.371 e. The van der Waals surface area contributed by atoms with Crippen LogP contribution in [0.3, 0.4) is 0 Å². The van der Waals surface area contributed by atoms with Gasteiger partial charge < -0.3 is 9.47 Å². The van der Waals surface area contributed by atoms with E-state index >= 15 is 0 Å². The summed E-state index contributed by atoms with van der Waals surface area (Å²) in [6.45, 7) is 5.01. The highest BCUT2D eigenvalue weighted by Gasteiger charge is 2.43. The molecule has 98 valence electrons. The van der Waals surface area contributed by atoms with Crippen molar-refractivity contribution < 1.29 is 14.3 Å². The molecule has 0 spiro atoms. The molecule has 4 atom stereocenters. The molecule has 3 heteroatoms. The SMILES string of the molecule is CCCOC1C(=O)CC1OC1CCCC(C)C1. The van der Waals surface area contributed by atoms with Crippen molar-refractivity contribution in [2.45, 2.75) is 70.7 Å². The molecule has 17 heavy (non-hydrogen) atoms. The van der Waals surface area contributed by atoms with Crippen molar-refractivity contribution in [3.63, 3.8) is 0 Å². The minimum absolute atomic E-state index is 0.0318. The second-order valence-electron chi connectivity index (χ2n) is 5.53. The topological polar surface area (TPSA) is 35.5 Å². The fraction of sp³-hybridized carbons (Fsp3) is 0.929. The Morgan fingerprint density at radius 2 is 2.18 bits per heavy atom. The summed E-state index contributed by atoms with van der Waals surface area (Å²) >= 11 is 0. The van der Waals surface area contributed by atoms with E-state index in [1.807, 2.05) is 0 Å². The maximum absolute atomic E-state index is 11.4. The van der Waals surface area contributed by atoms with E-state index in [1.54, 1.807) is 0 Å². The number of carbonyl (C=O) groups excluding carboxylic acids is 1. The van der Waals surface area contributed by atoms with Crippen LogP contribution in [0.25, 0.3) is 0 Å². The summed E-state index contributed by atoms with van der Waals surface area (Å²) in [6.07, 6.45) is 6.49. The highest BCUT2D eigenvalue weighted by atomic mass is 16.6. The molecule has 4 unspecified atom stereocenters. The Bertz CT molecular complexity index is 264. The molecular formula is C14H24O3. The van der Waals surface area contributed by atoms with Crippen LogP contribution in [0.5, 0.6) is 0 Å². The van der Waals surface area contributed by atoms with Gasteiger partial charge in [0.1, 0.15) is 6.10 Å². The third kappa shape index (κ3) is 3.29. The number of carbonyl (C=O) groups is 1. The molecule has 0 bridgehead atoms. The summed E-state index contributed by atoms with van der Waals surface area (Å²) in [7, 11) is 0. The molecule has 2 saturated carbocycles. The lowest BCUT2D eigenvalue weighted by molar-refractivity contribution is -0.176. The third-order valence-electron chi connectivity index (χ3n) is 3.81. The summed E-state index contributed by atoms with van der Waals surface area (Å²) in [5, 5.41) is 0. The second kappa shape index (κ2) is 5.96. The number of rotatable bonds is 5. The predicted molar refractivity (Wildman–Crippen MR) is 65.9 cm³/mol. The lowest BCUT2D eigenvalue weighted by Crippen LogP contribution is -2.52. The number of Topliss-reactive ketones (excluding diaryl/α,β-unsaturated/α-hetero) is 1. The van der Waals surface area contributed by atoms with E-state index in [0.717, 1.165) is 25.2 Å². The first-order valence-corrected chi connectivity index (χ1v) is 7.00. The van der Waals surface area contributed by atoms with Gasteiger partial charge in [0.15, 0.2) is 5.78 Å². The smallest absolute Gasteiger partial charge is 0.166 e. The Kier molecular flexibility index (Phi) is 4.57. The fourth-order valence-corrected chi connectivity index (χ4v) is 2.78. The highest BCUT2D eigenvalue weighted by Crippen LogP contribution is 2.31. The van der Waals surface area contributed by atoms with Crippen LogP contribution in [0.4, 0.5) is 0 Å². The van der Waals surface area contributed by atoms with Gasteiger partial charge >= 0.3 is 0 Å². The van der Waals surface area contributed by atoms with Crippen LogP contribution in [0, 0.1) is 5.92 Å². The van der Waals surface area contributed by atoms with Gasteiger partial charge in [-0.3, -0.25) is 4.79 Å². The van der Waals surface area contributed by atoms with Gasteiger partial charge in [-0.2, -0.15) is 0 Å². The summed E-state index contributed by atoms with van der Waals surface area (Å²) in [4.78, 5) is 11.4. The molecule has 2 rings (SSSR count). The maximum Gasteiger partial charge on any atom is 0.166 e. The molecule has 0 radical (unpaired) electrons. The van der Waals surface area contributed by atoms with Gasteiger partial charge in [0, 0.05) is 13.0 Å². The molecule has 0 heterocycles. The van der Waals surface area contributed by atoms with Crippen molar-refractivity contribution in [2.75, 3.05) is 6.61 Å². The molecule has 2 aliphatic carbocycles. The first-order chi connectivity index (χ1) is 8.20. The van der Waals surface area contributed by atoms with E-state index < -0.39 is 0 Å². The second-order valence-corrected chi connectivity index (χ2v) is 5.53. The Hall–Kier alpha value is -0.410. The lowest BCUT2D eigenvalue weighted by atomic mass is 9.86. The Labute approximate surface area is 104 Å².